The van der Waals surface area contributed by atoms with Crippen LogP contribution < -0.4 is 0 Å². The Morgan fingerprint density at radius 1 is 1.41 bits per heavy atom. The van der Waals surface area contributed by atoms with Crippen LogP contribution in [-0.2, 0) is 11.3 Å². The highest BCUT2D eigenvalue weighted by Gasteiger charge is 2.29. The molecule has 1 aromatic heterocycles. The van der Waals surface area contributed by atoms with E-state index in [2.05, 4.69) is 17.6 Å². The monoisotopic (exact) mass is 229 g/mol. The van der Waals surface area contributed by atoms with Crippen molar-refractivity contribution in [1.29, 1.82) is 0 Å². The molecule has 3 heteroatoms. The van der Waals surface area contributed by atoms with Crippen molar-refractivity contribution in [2.45, 2.75) is 25.8 Å². The van der Waals surface area contributed by atoms with Crippen LogP contribution in [-0.4, -0.2) is 17.6 Å². The largest absolute Gasteiger partial charge is 0.465 e. The van der Waals surface area contributed by atoms with Crippen molar-refractivity contribution < 1.29 is 9.53 Å². The van der Waals surface area contributed by atoms with Crippen LogP contribution in [0.1, 0.15) is 35.3 Å². The molecule has 0 amide bonds. The smallest absolute Gasteiger partial charge is 0.340 e. The fourth-order valence-corrected chi connectivity index (χ4v) is 2.85. The molecular formula is C14H15NO2. The minimum Gasteiger partial charge on any atom is -0.465 e. The summed E-state index contributed by atoms with van der Waals surface area (Å²) in [6.45, 7) is 3.16. The van der Waals surface area contributed by atoms with Gasteiger partial charge in [0.1, 0.15) is 0 Å². The minimum atomic E-state index is -0.219. The van der Waals surface area contributed by atoms with Gasteiger partial charge in [-0.05, 0) is 18.4 Å². The van der Waals surface area contributed by atoms with E-state index in [-0.39, 0.29) is 5.97 Å². The van der Waals surface area contributed by atoms with E-state index in [9.17, 15) is 4.79 Å². The summed E-state index contributed by atoms with van der Waals surface area (Å²) in [5.41, 5.74) is 3.04. The van der Waals surface area contributed by atoms with Crippen molar-refractivity contribution in [2.24, 2.45) is 0 Å². The van der Waals surface area contributed by atoms with Gasteiger partial charge >= 0.3 is 5.97 Å². The summed E-state index contributed by atoms with van der Waals surface area (Å²) in [5, 5.41) is 1.01. The van der Waals surface area contributed by atoms with Crippen LogP contribution in [0.5, 0.6) is 0 Å². The van der Waals surface area contributed by atoms with Crippen molar-refractivity contribution in [3.05, 3.63) is 35.5 Å². The summed E-state index contributed by atoms with van der Waals surface area (Å²) in [6.07, 6.45) is 1.10. The lowest BCUT2D eigenvalue weighted by Crippen LogP contribution is -2.05. The molecule has 2 aromatic rings. The number of carbonyl (C=O) groups excluding carboxylic acids is 1. The third kappa shape index (κ3) is 1.32. The van der Waals surface area contributed by atoms with Gasteiger partial charge in [0, 0.05) is 23.1 Å². The van der Waals surface area contributed by atoms with Gasteiger partial charge in [-0.1, -0.05) is 25.1 Å². The first-order chi connectivity index (χ1) is 8.24. The molecule has 88 valence electrons. The molecule has 2 heterocycles. The lowest BCUT2D eigenvalue weighted by molar-refractivity contribution is 0.0601. The maximum Gasteiger partial charge on any atom is 0.340 e. The number of para-hydroxylation sites is 1. The van der Waals surface area contributed by atoms with Gasteiger partial charge in [-0.15, -0.1) is 0 Å². The molecule has 3 nitrogen and oxygen atoms in total. The number of carbonyl (C=O) groups is 1. The maximum absolute atomic E-state index is 12.0. The first-order valence-corrected chi connectivity index (χ1v) is 5.93. The highest BCUT2D eigenvalue weighted by Crippen LogP contribution is 2.38. The Hall–Kier alpha value is -1.77. The number of hydrogen-bond acceptors (Lipinski definition) is 2. The van der Waals surface area contributed by atoms with Gasteiger partial charge in [-0.25, -0.2) is 4.79 Å². The maximum atomic E-state index is 12.0. The van der Waals surface area contributed by atoms with Gasteiger partial charge in [0.05, 0.1) is 12.7 Å². The lowest BCUT2D eigenvalue weighted by atomic mass is 10.0. The summed E-state index contributed by atoms with van der Waals surface area (Å²) in [7, 11) is 1.45. The molecule has 0 fully saturated rings. The van der Waals surface area contributed by atoms with Crippen LogP contribution in [0.3, 0.4) is 0 Å². The van der Waals surface area contributed by atoms with Gasteiger partial charge < -0.3 is 9.30 Å². The molecule has 0 spiro atoms. The average molecular weight is 229 g/mol. The second-order valence-corrected chi connectivity index (χ2v) is 4.61. The van der Waals surface area contributed by atoms with E-state index >= 15 is 0 Å². The Morgan fingerprint density at radius 3 is 2.94 bits per heavy atom. The fourth-order valence-electron chi connectivity index (χ4n) is 2.85. The van der Waals surface area contributed by atoms with Gasteiger partial charge in [-0.3, -0.25) is 0 Å². The van der Waals surface area contributed by atoms with Gasteiger partial charge in [0.25, 0.3) is 0 Å². The number of rotatable bonds is 1. The summed E-state index contributed by atoms with van der Waals surface area (Å²) >= 11 is 0. The zero-order chi connectivity index (χ0) is 12.0. The van der Waals surface area contributed by atoms with Gasteiger partial charge in [0.15, 0.2) is 0 Å². The summed E-state index contributed by atoms with van der Waals surface area (Å²) < 4.78 is 7.18. The second-order valence-electron chi connectivity index (χ2n) is 4.61. The summed E-state index contributed by atoms with van der Waals surface area (Å²) in [6, 6.07) is 8.05. The molecule has 0 saturated carbocycles. The lowest BCUT2D eigenvalue weighted by Gasteiger charge is -2.05. The molecule has 0 N–H and O–H groups in total. The molecule has 1 aromatic carbocycles. The molecule has 0 bridgehead atoms. The quantitative estimate of drug-likeness (QED) is 0.704. The number of esters is 1. The first kappa shape index (κ1) is 10.4. The third-order valence-electron chi connectivity index (χ3n) is 3.65. The molecule has 0 aliphatic carbocycles. The number of nitrogens with zero attached hydrogens (tertiary/aromatic N) is 1. The molecule has 1 aliphatic rings. The number of aryl methyl sites for hydroxylation is 1. The summed E-state index contributed by atoms with van der Waals surface area (Å²) in [4.78, 5) is 12.0. The van der Waals surface area contributed by atoms with Crippen LogP contribution >= 0.6 is 0 Å². The number of methoxy groups -OCH3 is 1. The number of hydrogen-bond donors (Lipinski definition) is 0. The van der Waals surface area contributed by atoms with E-state index in [1.54, 1.807) is 0 Å². The van der Waals surface area contributed by atoms with Crippen molar-refractivity contribution in [3.8, 4) is 0 Å². The van der Waals surface area contributed by atoms with E-state index in [4.69, 9.17) is 4.74 Å². The predicted molar refractivity (Wildman–Crippen MR) is 66.3 cm³/mol. The van der Waals surface area contributed by atoms with Gasteiger partial charge in [0.2, 0.25) is 0 Å². The summed E-state index contributed by atoms with van der Waals surface area (Å²) in [5.74, 6) is 0.209. The van der Waals surface area contributed by atoms with Crippen LogP contribution in [0.25, 0.3) is 10.9 Å². The van der Waals surface area contributed by atoms with Crippen LogP contribution in [0.4, 0.5) is 0 Å². The zero-order valence-electron chi connectivity index (χ0n) is 10.1. The number of aromatic nitrogens is 1. The van der Waals surface area contributed by atoms with E-state index in [1.165, 1.54) is 7.11 Å². The molecule has 1 aliphatic heterocycles. The highest BCUT2D eigenvalue weighted by atomic mass is 16.5. The Balaban J connectivity index is 2.39. The normalized spacial score (nSPS) is 18.4. The van der Waals surface area contributed by atoms with Crippen molar-refractivity contribution >= 4 is 16.9 Å². The van der Waals surface area contributed by atoms with Gasteiger partial charge in [-0.2, -0.15) is 0 Å². The topological polar surface area (TPSA) is 31.2 Å². The van der Waals surface area contributed by atoms with Crippen molar-refractivity contribution in [3.63, 3.8) is 0 Å². The molecular weight excluding hydrogens is 214 g/mol. The standard InChI is InChI=1S/C14H15NO2/c1-9-7-8-15-11-6-4-3-5-10(11)12(13(9)15)14(16)17-2/h3-6,9H,7-8H2,1-2H3. The fraction of sp³-hybridized carbons (Fsp3) is 0.357. The molecule has 17 heavy (non-hydrogen) atoms. The molecule has 1 atom stereocenters. The van der Waals surface area contributed by atoms with Crippen LogP contribution in [0.2, 0.25) is 0 Å². The van der Waals surface area contributed by atoms with Crippen LogP contribution in [0.15, 0.2) is 24.3 Å². The SMILES string of the molecule is COC(=O)c1c2n(c3ccccc13)CCC2C. The van der Waals surface area contributed by atoms with E-state index in [0.717, 1.165) is 35.1 Å². The third-order valence-corrected chi connectivity index (χ3v) is 3.65. The minimum absolute atomic E-state index is 0.219. The predicted octanol–water partition coefficient (Wildman–Crippen LogP) is 2.94. The van der Waals surface area contributed by atoms with E-state index in [1.807, 2.05) is 18.2 Å². The van der Waals surface area contributed by atoms with Crippen LogP contribution in [0, 0.1) is 0 Å². The highest BCUT2D eigenvalue weighted by molar-refractivity contribution is 6.06. The average Bonchev–Trinajstić information content (AvgIpc) is 2.87. The molecule has 0 saturated heterocycles. The first-order valence-electron chi connectivity index (χ1n) is 5.93. The second kappa shape index (κ2) is 3.62. The molecule has 1 unspecified atom stereocenters. The Morgan fingerprint density at radius 2 is 2.18 bits per heavy atom. The van der Waals surface area contributed by atoms with E-state index in [0.29, 0.717) is 5.92 Å². The number of benzene rings is 1. The zero-order valence-corrected chi connectivity index (χ0v) is 10.1. The molecule has 0 radical (unpaired) electrons. The molecule has 3 rings (SSSR count). The number of fused-ring (bicyclic) bond motifs is 3. The Bertz CT molecular complexity index is 598. The Kier molecular flexibility index (Phi) is 2.21. The Labute approximate surface area is 100.0 Å². The van der Waals surface area contributed by atoms with Crippen molar-refractivity contribution in [2.75, 3.05) is 7.11 Å². The van der Waals surface area contributed by atoms with Crippen molar-refractivity contribution in [1.82, 2.24) is 4.57 Å². The number of ether oxygens (including phenoxy) is 1. The van der Waals surface area contributed by atoms with E-state index < -0.39 is 0 Å².